The molecule has 27 heavy (non-hydrogen) atoms. The Hall–Kier alpha value is -1.56. The van der Waals surface area contributed by atoms with Crippen molar-refractivity contribution >= 4 is 10.8 Å². The SMILES string of the molecule is CC=CCCc1ccc2cc(C3CCC4CC(CC)CCC4C3)ccc2c1. The lowest BCUT2D eigenvalue weighted by atomic mass is 9.63. The van der Waals surface area contributed by atoms with Crippen molar-refractivity contribution in [1.29, 1.82) is 0 Å². The van der Waals surface area contributed by atoms with Gasteiger partial charge in [0.1, 0.15) is 0 Å². The van der Waals surface area contributed by atoms with Crippen molar-refractivity contribution in [3.05, 3.63) is 59.7 Å². The molecule has 144 valence electrons. The lowest BCUT2D eigenvalue weighted by molar-refractivity contribution is 0.116. The average Bonchev–Trinajstić information content (AvgIpc) is 2.72. The van der Waals surface area contributed by atoms with Gasteiger partial charge in [0.25, 0.3) is 0 Å². The Morgan fingerprint density at radius 1 is 0.889 bits per heavy atom. The molecule has 2 saturated carbocycles. The first kappa shape index (κ1) is 18.8. The van der Waals surface area contributed by atoms with E-state index in [9.17, 15) is 0 Å². The monoisotopic (exact) mass is 360 g/mol. The van der Waals surface area contributed by atoms with Crippen molar-refractivity contribution in [3.63, 3.8) is 0 Å². The molecule has 4 rings (SSSR count). The van der Waals surface area contributed by atoms with Gasteiger partial charge in [-0.3, -0.25) is 0 Å². The Morgan fingerprint density at radius 2 is 1.67 bits per heavy atom. The van der Waals surface area contributed by atoms with Gasteiger partial charge in [0.15, 0.2) is 0 Å². The summed E-state index contributed by atoms with van der Waals surface area (Å²) in [5.74, 6) is 3.84. The van der Waals surface area contributed by atoms with Crippen LogP contribution in [0.1, 0.15) is 82.3 Å². The van der Waals surface area contributed by atoms with E-state index in [4.69, 9.17) is 0 Å². The zero-order chi connectivity index (χ0) is 18.6. The summed E-state index contributed by atoms with van der Waals surface area (Å²) >= 11 is 0. The van der Waals surface area contributed by atoms with Gasteiger partial charge in [-0.25, -0.2) is 0 Å². The number of benzene rings is 2. The summed E-state index contributed by atoms with van der Waals surface area (Å²) in [5.41, 5.74) is 3.06. The van der Waals surface area contributed by atoms with E-state index in [-0.39, 0.29) is 0 Å². The van der Waals surface area contributed by atoms with E-state index in [2.05, 4.69) is 62.4 Å². The van der Waals surface area contributed by atoms with E-state index >= 15 is 0 Å². The van der Waals surface area contributed by atoms with Crippen LogP contribution < -0.4 is 0 Å². The van der Waals surface area contributed by atoms with E-state index < -0.39 is 0 Å². The van der Waals surface area contributed by atoms with Crippen LogP contribution in [0.2, 0.25) is 0 Å². The fourth-order valence-electron chi connectivity index (χ4n) is 5.80. The second-order valence-corrected chi connectivity index (χ2v) is 9.17. The molecule has 0 saturated heterocycles. The minimum atomic E-state index is 0.795. The highest BCUT2D eigenvalue weighted by molar-refractivity contribution is 5.84. The Kier molecular flexibility index (Phi) is 6.01. The molecule has 0 heteroatoms. The van der Waals surface area contributed by atoms with Crippen molar-refractivity contribution < 1.29 is 0 Å². The highest BCUT2D eigenvalue weighted by atomic mass is 14.4. The third-order valence-corrected chi connectivity index (χ3v) is 7.53. The lowest BCUT2D eigenvalue weighted by Crippen LogP contribution is -2.30. The standard InChI is InChI=1S/C27H36/c1-3-5-6-7-21-9-11-25-19-27(15-13-23(25)17-21)26-14-12-22-16-20(4-2)8-10-24(22)18-26/h3,5,9,11,13,15,17,19-20,22,24,26H,4,6-8,10,12,14,16,18H2,1-2H3. The molecule has 0 spiro atoms. The normalized spacial score (nSPS) is 28.5. The van der Waals surface area contributed by atoms with Gasteiger partial charge in [-0.2, -0.15) is 0 Å². The second kappa shape index (κ2) is 8.63. The fourth-order valence-corrected chi connectivity index (χ4v) is 5.80. The smallest absolute Gasteiger partial charge is 0.0159 e. The van der Waals surface area contributed by atoms with Gasteiger partial charge < -0.3 is 0 Å². The molecular formula is C27H36. The minimum absolute atomic E-state index is 0.795. The number of aryl methyl sites for hydroxylation is 1. The van der Waals surface area contributed by atoms with Gasteiger partial charge in [0, 0.05) is 0 Å². The summed E-state index contributed by atoms with van der Waals surface area (Å²) in [6.45, 7) is 4.49. The molecule has 4 atom stereocenters. The van der Waals surface area contributed by atoms with E-state index in [0.717, 1.165) is 36.5 Å². The van der Waals surface area contributed by atoms with Crippen LogP contribution in [0.4, 0.5) is 0 Å². The third-order valence-electron chi connectivity index (χ3n) is 7.53. The molecule has 0 aromatic heterocycles. The van der Waals surface area contributed by atoms with E-state index in [1.807, 2.05) is 0 Å². The van der Waals surface area contributed by atoms with Crippen molar-refractivity contribution in [2.45, 2.75) is 77.6 Å². The number of hydrogen-bond donors (Lipinski definition) is 0. The number of rotatable bonds is 5. The average molecular weight is 361 g/mol. The molecule has 2 aliphatic rings. The highest BCUT2D eigenvalue weighted by Gasteiger charge is 2.35. The lowest BCUT2D eigenvalue weighted by Gasteiger charge is -2.42. The van der Waals surface area contributed by atoms with Crippen LogP contribution in [-0.4, -0.2) is 0 Å². The maximum absolute atomic E-state index is 2.49. The molecule has 0 bridgehead atoms. The molecule has 2 fully saturated rings. The molecule has 2 aromatic rings. The Balaban J connectivity index is 1.45. The molecular weight excluding hydrogens is 324 g/mol. The largest absolute Gasteiger partial charge is 0.0917 e. The molecule has 4 unspecified atom stereocenters. The predicted octanol–water partition coefficient (Wildman–Crippen LogP) is 8.06. The zero-order valence-electron chi connectivity index (χ0n) is 17.3. The molecule has 0 aliphatic heterocycles. The maximum Gasteiger partial charge on any atom is -0.0159 e. The van der Waals surface area contributed by atoms with Crippen molar-refractivity contribution in [3.8, 4) is 0 Å². The van der Waals surface area contributed by atoms with Crippen LogP contribution in [0.15, 0.2) is 48.6 Å². The summed E-state index contributed by atoms with van der Waals surface area (Å²) in [6.07, 6.45) is 16.9. The van der Waals surface area contributed by atoms with Gasteiger partial charge in [-0.05, 0) is 97.4 Å². The summed E-state index contributed by atoms with van der Waals surface area (Å²) in [7, 11) is 0. The maximum atomic E-state index is 2.49. The van der Waals surface area contributed by atoms with Crippen LogP contribution in [0.5, 0.6) is 0 Å². The molecule has 0 nitrogen and oxygen atoms in total. The van der Waals surface area contributed by atoms with Gasteiger partial charge in [-0.15, -0.1) is 0 Å². The van der Waals surface area contributed by atoms with Gasteiger partial charge in [0.05, 0.1) is 0 Å². The summed E-state index contributed by atoms with van der Waals surface area (Å²) in [5, 5.41) is 2.84. The molecule has 0 radical (unpaired) electrons. The molecule has 2 aromatic carbocycles. The number of hydrogen-bond acceptors (Lipinski definition) is 0. The van der Waals surface area contributed by atoms with Gasteiger partial charge in [0.2, 0.25) is 0 Å². The van der Waals surface area contributed by atoms with Crippen LogP contribution >= 0.6 is 0 Å². The van der Waals surface area contributed by atoms with Crippen molar-refractivity contribution in [1.82, 2.24) is 0 Å². The number of fused-ring (bicyclic) bond motifs is 2. The predicted molar refractivity (Wildman–Crippen MR) is 118 cm³/mol. The second-order valence-electron chi connectivity index (χ2n) is 9.17. The van der Waals surface area contributed by atoms with Crippen LogP contribution in [0.25, 0.3) is 10.8 Å². The molecule has 0 heterocycles. The topological polar surface area (TPSA) is 0 Å². The molecule has 0 N–H and O–H groups in total. The van der Waals surface area contributed by atoms with E-state index in [0.29, 0.717) is 0 Å². The van der Waals surface area contributed by atoms with Gasteiger partial charge in [-0.1, -0.05) is 68.3 Å². The molecule has 2 aliphatic carbocycles. The van der Waals surface area contributed by atoms with Crippen molar-refractivity contribution in [2.75, 3.05) is 0 Å². The van der Waals surface area contributed by atoms with Crippen LogP contribution in [0, 0.1) is 17.8 Å². The first-order chi connectivity index (χ1) is 13.3. The minimum Gasteiger partial charge on any atom is -0.0917 e. The van der Waals surface area contributed by atoms with E-state index in [1.165, 1.54) is 61.3 Å². The first-order valence-electron chi connectivity index (χ1n) is 11.4. The highest BCUT2D eigenvalue weighted by Crippen LogP contribution is 2.48. The molecule has 0 amide bonds. The van der Waals surface area contributed by atoms with Crippen LogP contribution in [0.3, 0.4) is 0 Å². The zero-order valence-corrected chi connectivity index (χ0v) is 17.3. The Bertz CT molecular complexity index is 784. The van der Waals surface area contributed by atoms with Crippen molar-refractivity contribution in [2.24, 2.45) is 17.8 Å². The fraction of sp³-hybridized carbons (Fsp3) is 0.556. The van der Waals surface area contributed by atoms with E-state index in [1.54, 1.807) is 5.56 Å². The quantitative estimate of drug-likeness (QED) is 0.473. The summed E-state index contributed by atoms with van der Waals surface area (Å²) in [4.78, 5) is 0. The summed E-state index contributed by atoms with van der Waals surface area (Å²) in [6, 6.07) is 14.4. The Labute approximate surface area is 166 Å². The first-order valence-corrected chi connectivity index (χ1v) is 11.4. The van der Waals surface area contributed by atoms with Gasteiger partial charge >= 0.3 is 0 Å². The number of allylic oxidation sites excluding steroid dienone is 2. The third kappa shape index (κ3) is 4.31. The van der Waals surface area contributed by atoms with Crippen LogP contribution in [-0.2, 0) is 6.42 Å². The Morgan fingerprint density at radius 3 is 2.52 bits per heavy atom. The summed E-state index contributed by atoms with van der Waals surface area (Å²) < 4.78 is 0.